The monoisotopic (exact) mass is 1090 g/mol. The number of amides is 1. The molecule has 2 bridgehead atoms. The summed E-state index contributed by atoms with van der Waals surface area (Å²) in [6.45, 7) is 2.31. The molecule has 4 heterocycles. The number of nitrogens with one attached hydrogen (secondary N) is 2. The van der Waals surface area contributed by atoms with Crippen LogP contribution in [0.25, 0.3) is 0 Å². The number of phenolic OH excluding ortho intramolecular Hbond substituents is 2. The average Bonchev–Trinajstić information content (AvgIpc) is 3.77. The standard InChI is InChI=1S/C54H78N2O13S4/c1-31-5-7-34-8-12-44(60)40-25-56-53(65)41(40)26-70-71-27-43-37-11-10-36(21-42(37)54(34,24-31)14-3-4-15-55-43)69-48-20-33-6-9-35(67-29-58)22-45(61)39(17-32-18-49(66-2)52(64)50(19-32)68-30-59)47(63)28-72-73-51(13-16-57)38(33)23-46(48)62/h18-20,23,31,34-37,39-45,47,51,55,57-64H,4-13,15-17,21-22,24-30H2,1-2H3,(H,56,65)/t31-,34+,35+,36-,37-,39+,40+,41-,42+,43+,44+,45-,47+,51+,54-/m1/s1. The van der Waals surface area contributed by atoms with Crippen molar-refractivity contribution in [3.8, 4) is 40.6 Å². The van der Waals surface area contributed by atoms with Gasteiger partial charge in [-0.2, -0.15) is 0 Å². The number of fused-ring (bicyclic) bond motifs is 2. The molecule has 10 N–H and O–H groups in total. The first-order chi connectivity index (χ1) is 35.4. The van der Waals surface area contributed by atoms with Crippen LogP contribution in [0.2, 0.25) is 0 Å². The third-order valence-electron chi connectivity index (χ3n) is 16.9. The van der Waals surface area contributed by atoms with Crippen molar-refractivity contribution in [2.24, 2.45) is 46.8 Å². The molecule has 0 radical (unpaired) electrons. The van der Waals surface area contributed by atoms with E-state index in [-0.39, 0.29) is 101 Å². The number of rotatable bonds is 11. The first-order valence-corrected chi connectivity index (χ1v) is 31.3. The summed E-state index contributed by atoms with van der Waals surface area (Å²) in [7, 11) is 7.88. The van der Waals surface area contributed by atoms with Gasteiger partial charge in [-0.3, -0.25) is 4.79 Å². The molecule has 2 saturated carbocycles. The molecule has 6 aliphatic rings. The predicted molar refractivity (Wildman–Crippen MR) is 288 cm³/mol. The molecule has 0 aromatic heterocycles. The number of carbonyl (C=O) groups is 1. The molecule has 2 aromatic rings. The summed E-state index contributed by atoms with van der Waals surface area (Å²) < 4.78 is 23.5. The Labute approximate surface area is 446 Å². The van der Waals surface area contributed by atoms with Gasteiger partial charge in [-0.1, -0.05) is 62.4 Å². The van der Waals surface area contributed by atoms with Crippen molar-refractivity contribution in [2.75, 3.05) is 57.7 Å². The molecule has 19 heteroatoms. The second kappa shape index (κ2) is 26.7. The maximum atomic E-state index is 13.0. The Bertz CT molecular complexity index is 2200. The fourth-order valence-corrected chi connectivity index (χ4v) is 18.8. The Morgan fingerprint density at radius 2 is 1.63 bits per heavy atom. The van der Waals surface area contributed by atoms with Crippen LogP contribution < -0.4 is 24.8 Å². The van der Waals surface area contributed by atoms with Crippen LogP contribution in [0.15, 0.2) is 24.3 Å². The minimum absolute atomic E-state index is 0.00385. The largest absolute Gasteiger partial charge is 0.504 e. The lowest BCUT2D eigenvalue weighted by Crippen LogP contribution is -2.53. The SMILES string of the molecule is COc1cc(C[C@H]2[C@H](O)C[C@@H](OCO)CCc3cc(O[C@@H]4CC[C@H]5[C@@H]6CSSC[C@H]7C(=O)NC[C@@H]7[C@@H](O)CC[C@@H]7CC[C@@H](C)C[C@@]7(C#CCCN6)[C@H]5C4)c(O)cc3[C@H](CCO)SSC[C@@H]2O)cc(OCO)c1O. The van der Waals surface area contributed by atoms with Crippen molar-refractivity contribution in [3.63, 3.8) is 0 Å². The summed E-state index contributed by atoms with van der Waals surface area (Å²) in [5, 5.41) is 94.7. The number of methoxy groups -OCH3 is 1. The topological polar surface area (TPSA) is 240 Å². The van der Waals surface area contributed by atoms with Crippen LogP contribution in [0.3, 0.4) is 0 Å². The van der Waals surface area contributed by atoms with Crippen molar-refractivity contribution >= 4 is 49.1 Å². The minimum Gasteiger partial charge on any atom is -0.504 e. The number of aliphatic hydroxyl groups excluding tert-OH is 6. The van der Waals surface area contributed by atoms with Gasteiger partial charge in [-0.25, -0.2) is 0 Å². The zero-order valence-electron chi connectivity index (χ0n) is 42.2. The normalized spacial score (nSPS) is 35.6. The summed E-state index contributed by atoms with van der Waals surface area (Å²) >= 11 is 0. The van der Waals surface area contributed by atoms with Crippen LogP contribution in [-0.4, -0.2) is 141 Å². The zero-order valence-corrected chi connectivity index (χ0v) is 45.5. The summed E-state index contributed by atoms with van der Waals surface area (Å²) in [6, 6.07) is 7.06. The molecule has 406 valence electrons. The number of phenols is 2. The maximum Gasteiger partial charge on any atom is 0.224 e. The van der Waals surface area contributed by atoms with Gasteiger partial charge < -0.3 is 70.4 Å². The van der Waals surface area contributed by atoms with Gasteiger partial charge in [-0.15, -0.1) is 5.92 Å². The van der Waals surface area contributed by atoms with Gasteiger partial charge in [0.05, 0.1) is 43.5 Å². The second-order valence-electron chi connectivity index (χ2n) is 21.3. The van der Waals surface area contributed by atoms with Crippen LogP contribution >= 0.6 is 43.2 Å². The fraction of sp³-hybridized carbons (Fsp3) is 0.722. The summed E-state index contributed by atoms with van der Waals surface area (Å²) in [5.74, 6) is 9.99. The number of aliphatic hydroxyl groups is 6. The molecule has 1 amide bonds. The van der Waals surface area contributed by atoms with Gasteiger partial charge in [0.15, 0.2) is 29.8 Å². The number of hydrogen-bond acceptors (Lipinski definition) is 18. The van der Waals surface area contributed by atoms with E-state index < -0.39 is 43.9 Å². The van der Waals surface area contributed by atoms with Gasteiger partial charge in [0.2, 0.25) is 11.7 Å². The smallest absolute Gasteiger partial charge is 0.224 e. The molecule has 2 saturated heterocycles. The molecule has 15 nitrogen and oxygen atoms in total. The first kappa shape index (κ1) is 56.7. The number of aryl methyl sites for hydroxylation is 1. The van der Waals surface area contributed by atoms with Gasteiger partial charge in [0.1, 0.15) is 6.79 Å². The lowest BCUT2D eigenvalue weighted by Gasteiger charge is -2.54. The fourth-order valence-electron chi connectivity index (χ4n) is 13.2. The van der Waals surface area contributed by atoms with E-state index in [1.165, 1.54) is 34.8 Å². The van der Waals surface area contributed by atoms with Gasteiger partial charge in [-0.05, 0) is 142 Å². The molecular weight excluding hydrogens is 1010 g/mol. The molecule has 4 aliphatic heterocycles. The van der Waals surface area contributed by atoms with Gasteiger partial charge in [0, 0.05) is 71.9 Å². The molecule has 0 unspecified atom stereocenters. The number of benzene rings is 2. The lowest BCUT2D eigenvalue weighted by molar-refractivity contribution is -0.123. The van der Waals surface area contributed by atoms with Crippen LogP contribution in [0.5, 0.6) is 28.7 Å². The van der Waals surface area contributed by atoms with Crippen LogP contribution in [0, 0.1) is 58.7 Å². The van der Waals surface area contributed by atoms with E-state index in [0.717, 1.165) is 74.8 Å². The Morgan fingerprint density at radius 3 is 2.42 bits per heavy atom. The lowest BCUT2D eigenvalue weighted by atomic mass is 9.51. The first-order valence-electron chi connectivity index (χ1n) is 26.4. The molecule has 2 aliphatic carbocycles. The minimum atomic E-state index is -1.09. The average molecular weight is 1090 g/mol. The van der Waals surface area contributed by atoms with Crippen molar-refractivity contribution < 1.29 is 64.6 Å². The molecular formula is C54H78N2O13S4. The molecule has 8 rings (SSSR count). The highest BCUT2D eigenvalue weighted by molar-refractivity contribution is 8.77. The summed E-state index contributed by atoms with van der Waals surface area (Å²) in [5.41, 5.74) is 2.02. The van der Waals surface area contributed by atoms with E-state index in [9.17, 15) is 45.6 Å². The van der Waals surface area contributed by atoms with E-state index >= 15 is 0 Å². The zero-order chi connectivity index (χ0) is 51.6. The maximum absolute atomic E-state index is 13.0. The molecule has 4 fully saturated rings. The van der Waals surface area contributed by atoms with E-state index in [1.54, 1.807) is 22.9 Å². The van der Waals surface area contributed by atoms with Crippen LogP contribution in [0.1, 0.15) is 106 Å². The molecule has 73 heavy (non-hydrogen) atoms. The van der Waals surface area contributed by atoms with Gasteiger partial charge in [0.25, 0.3) is 0 Å². The Kier molecular flexibility index (Phi) is 20.8. The second-order valence-corrected chi connectivity index (χ2v) is 26.5. The van der Waals surface area contributed by atoms with Crippen LogP contribution in [-0.2, 0) is 22.4 Å². The highest BCUT2D eigenvalue weighted by atomic mass is 33.1. The van der Waals surface area contributed by atoms with Crippen molar-refractivity contribution in [2.45, 2.75) is 139 Å². The third-order valence-corrected chi connectivity index (χ3v) is 22.2. The Morgan fingerprint density at radius 1 is 0.822 bits per heavy atom. The summed E-state index contributed by atoms with van der Waals surface area (Å²) in [4.78, 5) is 13.0. The molecule has 1 spiro atoms. The van der Waals surface area contributed by atoms with Crippen molar-refractivity contribution in [1.29, 1.82) is 0 Å². The Hall–Kier alpha value is -2.45. The van der Waals surface area contributed by atoms with E-state index in [2.05, 4.69) is 29.4 Å². The molecule has 15 atom stereocenters. The van der Waals surface area contributed by atoms with E-state index in [4.69, 9.17) is 18.9 Å². The van der Waals surface area contributed by atoms with Crippen molar-refractivity contribution in [1.82, 2.24) is 10.6 Å². The number of hydrogen-bond donors (Lipinski definition) is 10. The van der Waals surface area contributed by atoms with E-state index in [1.807, 2.05) is 16.9 Å². The third kappa shape index (κ3) is 13.6. The van der Waals surface area contributed by atoms with E-state index in [0.29, 0.717) is 61.1 Å². The Balaban J connectivity index is 1.07. The quantitative estimate of drug-likeness (QED) is 0.0671. The van der Waals surface area contributed by atoms with Gasteiger partial charge >= 0.3 is 0 Å². The predicted octanol–water partition coefficient (Wildman–Crippen LogP) is 6.34. The van der Waals surface area contributed by atoms with Crippen molar-refractivity contribution in [3.05, 3.63) is 41.0 Å². The van der Waals surface area contributed by atoms with Crippen LogP contribution in [0.4, 0.5) is 0 Å². The highest BCUT2D eigenvalue weighted by Crippen LogP contribution is 2.58. The summed E-state index contributed by atoms with van der Waals surface area (Å²) in [6.07, 6.45) is 5.77. The molecule has 2 aromatic carbocycles. The highest BCUT2D eigenvalue weighted by Gasteiger charge is 2.54. The number of ether oxygens (including phenoxy) is 4. The number of aromatic hydroxyl groups is 2. The number of carbonyl (C=O) groups excluding carboxylic acids is 1.